The molecule has 0 fully saturated rings. The summed E-state index contributed by atoms with van der Waals surface area (Å²) >= 11 is 3.51. The van der Waals surface area contributed by atoms with Crippen molar-refractivity contribution in [2.45, 2.75) is 72.0 Å². The highest BCUT2D eigenvalue weighted by molar-refractivity contribution is 9.10. The van der Waals surface area contributed by atoms with Gasteiger partial charge < -0.3 is 15.0 Å². The molecule has 1 N–H and O–H groups in total. The van der Waals surface area contributed by atoms with E-state index in [1.54, 1.807) is 12.1 Å². The molecule has 0 aliphatic rings. The maximum Gasteiger partial charge on any atom is 0.261 e. The van der Waals surface area contributed by atoms with Gasteiger partial charge in [-0.1, -0.05) is 39.0 Å². The van der Waals surface area contributed by atoms with E-state index >= 15 is 0 Å². The molecule has 2 aromatic carbocycles. The van der Waals surface area contributed by atoms with Crippen molar-refractivity contribution in [3.05, 3.63) is 63.9 Å². The Morgan fingerprint density at radius 3 is 2.27 bits per heavy atom. The van der Waals surface area contributed by atoms with Gasteiger partial charge in [-0.05, 0) is 84.4 Å². The Kier molecular flexibility index (Phi) is 9.46. The molecule has 0 aliphatic heterocycles. The lowest BCUT2D eigenvalue weighted by atomic mass is 10.0. The Hall–Kier alpha value is -2.41. The number of rotatable bonds is 9. The second kappa shape index (κ2) is 11.6. The third kappa shape index (κ3) is 8.14. The summed E-state index contributed by atoms with van der Waals surface area (Å²) in [6.45, 7) is 11.7. The molecule has 0 unspecified atom stereocenters. The zero-order valence-corrected chi connectivity index (χ0v) is 21.8. The van der Waals surface area contributed by atoms with E-state index in [9.17, 15) is 14.0 Å². The van der Waals surface area contributed by atoms with Crippen molar-refractivity contribution in [3.8, 4) is 5.75 Å². The van der Waals surface area contributed by atoms with Crippen molar-refractivity contribution >= 4 is 27.7 Å². The fraction of sp³-hybridized carbons (Fsp3) is 0.462. The predicted octanol–water partition coefficient (Wildman–Crippen LogP) is 5.81. The van der Waals surface area contributed by atoms with Gasteiger partial charge >= 0.3 is 0 Å². The standard InChI is InChI=1S/C26H34BrFN2O3/c1-7-22(25(32)29-26(4,5)6)30(15-18-8-11-20(28)12-9-18)24(31)16-33-23-13-10-19(17(2)3)14-21(23)27/h8-14,17,22H,7,15-16H2,1-6H3,(H,29,32)/t22-/m1/s1. The SMILES string of the molecule is CC[C@H](C(=O)NC(C)(C)C)N(Cc1ccc(F)cc1)C(=O)COc1ccc(C(C)C)cc1Br. The number of ether oxygens (including phenoxy) is 1. The Balaban J connectivity index is 2.24. The minimum atomic E-state index is -0.683. The van der Waals surface area contributed by atoms with Crippen LogP contribution < -0.4 is 10.1 Å². The summed E-state index contributed by atoms with van der Waals surface area (Å²) in [6.07, 6.45) is 0.432. The van der Waals surface area contributed by atoms with Gasteiger partial charge in [-0.2, -0.15) is 0 Å². The van der Waals surface area contributed by atoms with E-state index in [0.717, 1.165) is 15.6 Å². The van der Waals surface area contributed by atoms with Gasteiger partial charge in [0.05, 0.1) is 4.47 Å². The van der Waals surface area contributed by atoms with Crippen molar-refractivity contribution in [1.82, 2.24) is 10.2 Å². The van der Waals surface area contributed by atoms with Gasteiger partial charge in [-0.3, -0.25) is 9.59 Å². The quantitative estimate of drug-likeness (QED) is 0.453. The van der Waals surface area contributed by atoms with Gasteiger partial charge in [0.1, 0.15) is 17.6 Å². The molecule has 33 heavy (non-hydrogen) atoms. The smallest absolute Gasteiger partial charge is 0.261 e. The zero-order valence-electron chi connectivity index (χ0n) is 20.2. The molecule has 7 heteroatoms. The van der Waals surface area contributed by atoms with E-state index < -0.39 is 11.6 Å². The van der Waals surface area contributed by atoms with E-state index in [4.69, 9.17) is 4.74 Å². The first-order chi connectivity index (χ1) is 15.4. The summed E-state index contributed by atoms with van der Waals surface area (Å²) in [4.78, 5) is 27.8. The summed E-state index contributed by atoms with van der Waals surface area (Å²) in [5.74, 6) is 0.0154. The predicted molar refractivity (Wildman–Crippen MR) is 133 cm³/mol. The van der Waals surface area contributed by atoms with Crippen LogP contribution in [0, 0.1) is 5.82 Å². The van der Waals surface area contributed by atoms with Gasteiger partial charge in [0, 0.05) is 12.1 Å². The largest absolute Gasteiger partial charge is 0.483 e. The maximum absolute atomic E-state index is 13.4. The highest BCUT2D eigenvalue weighted by atomic mass is 79.9. The molecule has 0 aliphatic carbocycles. The number of nitrogens with one attached hydrogen (secondary N) is 1. The van der Waals surface area contributed by atoms with Crippen LogP contribution >= 0.6 is 15.9 Å². The molecule has 2 amide bonds. The van der Waals surface area contributed by atoms with E-state index in [2.05, 4.69) is 35.1 Å². The summed E-state index contributed by atoms with van der Waals surface area (Å²) in [5.41, 5.74) is 1.45. The molecule has 0 radical (unpaired) electrons. The number of nitrogens with zero attached hydrogens (tertiary/aromatic N) is 1. The van der Waals surface area contributed by atoms with Gasteiger partial charge in [0.15, 0.2) is 6.61 Å². The fourth-order valence-corrected chi connectivity index (χ4v) is 3.89. The van der Waals surface area contributed by atoms with Crippen molar-refractivity contribution in [2.75, 3.05) is 6.61 Å². The molecule has 0 spiro atoms. The van der Waals surface area contributed by atoms with Crippen LogP contribution in [0.15, 0.2) is 46.9 Å². The molecule has 5 nitrogen and oxygen atoms in total. The van der Waals surface area contributed by atoms with Crippen molar-refractivity contribution in [1.29, 1.82) is 0 Å². The monoisotopic (exact) mass is 520 g/mol. The van der Waals surface area contributed by atoms with Crippen LogP contribution in [0.4, 0.5) is 4.39 Å². The van der Waals surface area contributed by atoms with Gasteiger partial charge in [0.2, 0.25) is 5.91 Å². The lowest BCUT2D eigenvalue weighted by Crippen LogP contribution is -2.54. The minimum Gasteiger partial charge on any atom is -0.483 e. The first kappa shape index (κ1) is 26.8. The van der Waals surface area contributed by atoms with Crippen LogP contribution in [0.5, 0.6) is 5.75 Å². The molecule has 0 saturated heterocycles. The second-order valence-electron chi connectivity index (χ2n) is 9.44. The number of halogens is 2. The first-order valence-electron chi connectivity index (χ1n) is 11.2. The number of hydrogen-bond acceptors (Lipinski definition) is 3. The number of hydrogen-bond donors (Lipinski definition) is 1. The van der Waals surface area contributed by atoms with E-state index in [1.165, 1.54) is 17.0 Å². The lowest BCUT2D eigenvalue weighted by Gasteiger charge is -2.33. The molecule has 2 rings (SSSR count). The molecular formula is C26H34BrFN2O3. The number of benzene rings is 2. The highest BCUT2D eigenvalue weighted by Gasteiger charge is 2.31. The average molecular weight is 521 g/mol. The van der Waals surface area contributed by atoms with Crippen LogP contribution in [-0.4, -0.2) is 34.9 Å². The molecule has 0 heterocycles. The topological polar surface area (TPSA) is 58.6 Å². The van der Waals surface area contributed by atoms with Gasteiger partial charge in [0.25, 0.3) is 5.91 Å². The minimum absolute atomic E-state index is 0.173. The molecule has 0 aromatic heterocycles. The Bertz CT molecular complexity index is 955. The zero-order chi connectivity index (χ0) is 24.8. The second-order valence-corrected chi connectivity index (χ2v) is 10.3. The van der Waals surface area contributed by atoms with Gasteiger partial charge in [-0.15, -0.1) is 0 Å². The summed E-state index contributed by atoms with van der Waals surface area (Å²) in [6, 6.07) is 11.0. The molecule has 1 atom stereocenters. The van der Waals surface area contributed by atoms with Crippen LogP contribution in [0.1, 0.15) is 65.0 Å². The average Bonchev–Trinajstić information content (AvgIpc) is 2.72. The molecule has 0 saturated carbocycles. The third-order valence-electron chi connectivity index (χ3n) is 5.12. The number of amides is 2. The van der Waals surface area contributed by atoms with E-state index in [1.807, 2.05) is 45.9 Å². The van der Waals surface area contributed by atoms with Crippen LogP contribution in [0.2, 0.25) is 0 Å². The third-order valence-corrected chi connectivity index (χ3v) is 5.74. The first-order valence-corrected chi connectivity index (χ1v) is 12.0. The lowest BCUT2D eigenvalue weighted by molar-refractivity contribution is -0.143. The van der Waals surface area contributed by atoms with E-state index in [0.29, 0.717) is 18.1 Å². The van der Waals surface area contributed by atoms with E-state index in [-0.39, 0.29) is 30.8 Å². The van der Waals surface area contributed by atoms with Crippen LogP contribution in [0.3, 0.4) is 0 Å². The fourth-order valence-electron chi connectivity index (χ4n) is 3.37. The number of carbonyl (C=O) groups excluding carboxylic acids is 2. The summed E-state index contributed by atoms with van der Waals surface area (Å²) in [5, 5.41) is 2.96. The number of carbonyl (C=O) groups is 2. The summed E-state index contributed by atoms with van der Waals surface area (Å²) in [7, 11) is 0. The van der Waals surface area contributed by atoms with Crippen LogP contribution in [-0.2, 0) is 16.1 Å². The molecule has 180 valence electrons. The van der Waals surface area contributed by atoms with Crippen LogP contribution in [0.25, 0.3) is 0 Å². The van der Waals surface area contributed by atoms with Crippen molar-refractivity contribution in [2.24, 2.45) is 0 Å². The highest BCUT2D eigenvalue weighted by Crippen LogP contribution is 2.29. The Morgan fingerprint density at radius 1 is 1.12 bits per heavy atom. The maximum atomic E-state index is 13.4. The van der Waals surface area contributed by atoms with Crippen molar-refractivity contribution < 1.29 is 18.7 Å². The Morgan fingerprint density at radius 2 is 1.76 bits per heavy atom. The van der Waals surface area contributed by atoms with Crippen molar-refractivity contribution in [3.63, 3.8) is 0 Å². The Labute approximate surface area is 204 Å². The molecular weight excluding hydrogens is 487 g/mol. The molecule has 2 aromatic rings. The van der Waals surface area contributed by atoms with Gasteiger partial charge in [-0.25, -0.2) is 4.39 Å². The normalized spacial score (nSPS) is 12.4. The summed E-state index contributed by atoms with van der Waals surface area (Å²) < 4.78 is 20.0. The molecule has 0 bridgehead atoms.